The van der Waals surface area contributed by atoms with E-state index in [1.807, 2.05) is 19.1 Å². The number of guanidine groups is 1. The van der Waals surface area contributed by atoms with E-state index in [1.165, 1.54) is 5.56 Å². The summed E-state index contributed by atoms with van der Waals surface area (Å²) in [6, 6.07) is 8.67. The summed E-state index contributed by atoms with van der Waals surface area (Å²) in [5.74, 6) is 0.636. The molecule has 2 N–H and O–H groups in total. The molecule has 0 aliphatic heterocycles. The van der Waals surface area contributed by atoms with Crippen molar-refractivity contribution >= 4 is 17.3 Å². The van der Waals surface area contributed by atoms with Crippen molar-refractivity contribution in [3.8, 4) is 0 Å². The van der Waals surface area contributed by atoms with Gasteiger partial charge in [-0.1, -0.05) is 24.3 Å². The van der Waals surface area contributed by atoms with Gasteiger partial charge in [-0.25, -0.2) is 9.98 Å². The van der Waals surface area contributed by atoms with Gasteiger partial charge in [0.15, 0.2) is 11.7 Å². The highest BCUT2D eigenvalue weighted by Gasteiger charge is 2.33. The Morgan fingerprint density at radius 2 is 1.90 bits per heavy atom. The molecule has 0 saturated heterocycles. The molecule has 0 spiro atoms. The maximum absolute atomic E-state index is 12.7. The first kappa shape index (κ1) is 24.1. The molecule has 166 valence electrons. The molecule has 1 aromatic carbocycles. The molecule has 0 aliphatic carbocycles. The van der Waals surface area contributed by atoms with Gasteiger partial charge in [0.1, 0.15) is 0 Å². The number of thiazole rings is 1. The van der Waals surface area contributed by atoms with Gasteiger partial charge in [0.05, 0.1) is 11.6 Å². The highest BCUT2D eigenvalue weighted by Crippen LogP contribution is 2.30. The molecule has 5 nitrogen and oxygen atoms in total. The normalized spacial score (nSPS) is 12.6. The highest BCUT2D eigenvalue weighted by molar-refractivity contribution is 7.09. The van der Waals surface area contributed by atoms with Gasteiger partial charge in [-0.3, -0.25) is 4.90 Å². The Labute approximate surface area is 180 Å². The lowest BCUT2D eigenvalue weighted by Gasteiger charge is -2.22. The van der Waals surface area contributed by atoms with Crippen molar-refractivity contribution < 1.29 is 13.2 Å². The number of benzene rings is 1. The zero-order valence-corrected chi connectivity index (χ0v) is 18.7. The van der Waals surface area contributed by atoms with E-state index < -0.39 is 11.9 Å². The number of rotatable bonds is 9. The molecule has 0 saturated carbocycles. The third-order valence-corrected chi connectivity index (χ3v) is 5.55. The summed E-state index contributed by atoms with van der Waals surface area (Å²) in [4.78, 5) is 10.6. The molecule has 9 heteroatoms. The van der Waals surface area contributed by atoms with Gasteiger partial charge < -0.3 is 10.6 Å². The first-order valence-electron chi connectivity index (χ1n) is 10.0. The summed E-state index contributed by atoms with van der Waals surface area (Å²) < 4.78 is 38.0. The van der Waals surface area contributed by atoms with Crippen molar-refractivity contribution in [2.24, 2.45) is 4.99 Å². The van der Waals surface area contributed by atoms with Crippen LogP contribution in [0.1, 0.15) is 42.6 Å². The average Bonchev–Trinajstić information content (AvgIpc) is 3.16. The molecule has 0 amide bonds. The maximum Gasteiger partial charge on any atom is 0.434 e. The van der Waals surface area contributed by atoms with Gasteiger partial charge in [-0.2, -0.15) is 13.2 Å². The number of aliphatic imine (C=N–C) groups is 1. The van der Waals surface area contributed by atoms with Gasteiger partial charge >= 0.3 is 6.18 Å². The Morgan fingerprint density at radius 1 is 1.20 bits per heavy atom. The number of nitrogens with one attached hydrogen (secondary N) is 2. The molecular formula is C21H30F3N5S. The minimum absolute atomic E-state index is 0.404. The minimum Gasteiger partial charge on any atom is -0.357 e. The van der Waals surface area contributed by atoms with E-state index in [0.717, 1.165) is 28.8 Å². The van der Waals surface area contributed by atoms with Gasteiger partial charge in [-0.05, 0) is 38.9 Å². The number of aromatic nitrogens is 1. The standard InChI is InChI=1S/C21H30F3N5S/c1-5-25-20(26-11-10-19-28-18(14-30-19)21(22,23)24)27-12-16-8-6-7-9-17(16)13-29(4)15(2)3/h6-9,14-15H,5,10-13H2,1-4H3,(H2,25,26,27). The van der Waals surface area contributed by atoms with Gasteiger partial charge in [0.25, 0.3) is 0 Å². The molecule has 0 bridgehead atoms. The largest absolute Gasteiger partial charge is 0.434 e. The molecule has 0 unspecified atom stereocenters. The first-order chi connectivity index (χ1) is 14.2. The SMILES string of the molecule is CCNC(=NCc1ccccc1CN(C)C(C)C)NCCc1nc(C(F)(F)F)cs1. The molecule has 2 aromatic rings. The van der Waals surface area contributed by atoms with Crippen molar-refractivity contribution in [1.82, 2.24) is 20.5 Å². The van der Waals surface area contributed by atoms with Crippen LogP contribution in [0.4, 0.5) is 13.2 Å². The average molecular weight is 442 g/mol. The van der Waals surface area contributed by atoms with Crippen molar-refractivity contribution in [3.63, 3.8) is 0 Å². The molecule has 0 aliphatic rings. The second-order valence-electron chi connectivity index (χ2n) is 7.27. The number of alkyl halides is 3. The smallest absolute Gasteiger partial charge is 0.357 e. The van der Waals surface area contributed by atoms with Crippen LogP contribution in [-0.4, -0.2) is 42.0 Å². The fourth-order valence-corrected chi connectivity index (χ4v) is 3.47. The van der Waals surface area contributed by atoms with Crippen LogP contribution in [0.3, 0.4) is 0 Å². The van der Waals surface area contributed by atoms with Crippen LogP contribution in [0, 0.1) is 0 Å². The van der Waals surface area contributed by atoms with E-state index in [1.54, 1.807) is 0 Å². The van der Waals surface area contributed by atoms with Crippen molar-refractivity contribution in [2.45, 2.75) is 52.5 Å². The van der Waals surface area contributed by atoms with Crippen LogP contribution in [-0.2, 0) is 25.7 Å². The summed E-state index contributed by atoms with van der Waals surface area (Å²) in [6.45, 7) is 8.81. The summed E-state index contributed by atoms with van der Waals surface area (Å²) in [7, 11) is 2.10. The van der Waals surface area contributed by atoms with E-state index in [0.29, 0.717) is 43.1 Å². The van der Waals surface area contributed by atoms with Crippen LogP contribution < -0.4 is 10.6 Å². The Morgan fingerprint density at radius 3 is 2.50 bits per heavy atom. The molecule has 0 radical (unpaired) electrons. The van der Waals surface area contributed by atoms with Crippen LogP contribution in [0.2, 0.25) is 0 Å². The fraction of sp³-hybridized carbons (Fsp3) is 0.524. The minimum atomic E-state index is -4.39. The lowest BCUT2D eigenvalue weighted by atomic mass is 10.1. The lowest BCUT2D eigenvalue weighted by molar-refractivity contribution is -0.140. The van der Waals surface area contributed by atoms with Crippen LogP contribution in [0.5, 0.6) is 0 Å². The second-order valence-corrected chi connectivity index (χ2v) is 8.22. The molecule has 2 rings (SSSR count). The highest BCUT2D eigenvalue weighted by atomic mass is 32.1. The summed E-state index contributed by atoms with van der Waals surface area (Å²) in [6.07, 6.45) is -3.99. The lowest BCUT2D eigenvalue weighted by Crippen LogP contribution is -2.38. The molecule has 30 heavy (non-hydrogen) atoms. The molecule has 1 heterocycles. The van der Waals surface area contributed by atoms with Crippen LogP contribution in [0.15, 0.2) is 34.6 Å². The number of hydrogen-bond donors (Lipinski definition) is 2. The van der Waals surface area contributed by atoms with E-state index in [-0.39, 0.29) is 0 Å². The van der Waals surface area contributed by atoms with E-state index in [2.05, 4.69) is 58.5 Å². The molecule has 0 fully saturated rings. The summed E-state index contributed by atoms with van der Waals surface area (Å²) >= 11 is 1.03. The summed E-state index contributed by atoms with van der Waals surface area (Å²) in [5, 5.41) is 7.87. The van der Waals surface area contributed by atoms with Gasteiger partial charge in [0, 0.05) is 37.5 Å². The first-order valence-corrected chi connectivity index (χ1v) is 10.9. The number of halogens is 3. The predicted molar refractivity (Wildman–Crippen MR) is 117 cm³/mol. The quantitative estimate of drug-likeness (QED) is 0.450. The Balaban J connectivity index is 1.97. The summed E-state index contributed by atoms with van der Waals surface area (Å²) in [5.41, 5.74) is 1.55. The Bertz CT molecular complexity index is 817. The fourth-order valence-electron chi connectivity index (χ4n) is 2.67. The third-order valence-electron chi connectivity index (χ3n) is 4.64. The van der Waals surface area contributed by atoms with Crippen LogP contribution >= 0.6 is 11.3 Å². The van der Waals surface area contributed by atoms with Gasteiger partial charge in [-0.15, -0.1) is 11.3 Å². The van der Waals surface area contributed by atoms with Gasteiger partial charge in [0.2, 0.25) is 0 Å². The predicted octanol–water partition coefficient (Wildman–Crippen LogP) is 4.30. The number of nitrogens with zero attached hydrogens (tertiary/aromatic N) is 3. The maximum atomic E-state index is 12.7. The molecule has 1 aromatic heterocycles. The molecular weight excluding hydrogens is 411 g/mol. The Kier molecular flexibility index (Phi) is 9.10. The third kappa shape index (κ3) is 7.60. The second kappa shape index (κ2) is 11.3. The van der Waals surface area contributed by atoms with Crippen LogP contribution in [0.25, 0.3) is 0 Å². The van der Waals surface area contributed by atoms with E-state index >= 15 is 0 Å². The topological polar surface area (TPSA) is 52.6 Å². The monoisotopic (exact) mass is 441 g/mol. The zero-order chi connectivity index (χ0) is 22.1. The van der Waals surface area contributed by atoms with Crippen molar-refractivity contribution in [3.05, 3.63) is 51.5 Å². The molecule has 0 atom stereocenters. The Hall–Kier alpha value is -2.13. The zero-order valence-electron chi connectivity index (χ0n) is 17.9. The van der Waals surface area contributed by atoms with Crippen molar-refractivity contribution in [1.29, 1.82) is 0 Å². The van der Waals surface area contributed by atoms with Crippen molar-refractivity contribution in [2.75, 3.05) is 20.1 Å². The van der Waals surface area contributed by atoms with E-state index in [9.17, 15) is 13.2 Å². The van der Waals surface area contributed by atoms with E-state index in [4.69, 9.17) is 0 Å². The number of hydrogen-bond acceptors (Lipinski definition) is 4.